The zero-order valence-electron chi connectivity index (χ0n) is 10.2. The summed E-state index contributed by atoms with van der Waals surface area (Å²) in [5.74, 6) is -0.457. The second-order valence-electron chi connectivity index (χ2n) is 3.89. The van der Waals surface area contributed by atoms with E-state index >= 15 is 0 Å². The van der Waals surface area contributed by atoms with Gasteiger partial charge < -0.3 is 4.90 Å². The number of carbonyl (C=O) groups is 1. The molecule has 1 aromatic rings. The Labute approximate surface area is 110 Å². The molecular formula is C13H17BrFNO. The Morgan fingerprint density at radius 1 is 1.47 bits per heavy atom. The van der Waals surface area contributed by atoms with Crippen molar-refractivity contribution in [2.45, 2.75) is 20.3 Å². The van der Waals surface area contributed by atoms with Gasteiger partial charge in [0.25, 0.3) is 5.91 Å². The lowest BCUT2D eigenvalue weighted by molar-refractivity contribution is 0.0764. The van der Waals surface area contributed by atoms with Crippen LogP contribution in [0.25, 0.3) is 0 Å². The summed E-state index contributed by atoms with van der Waals surface area (Å²) < 4.78 is 13.1. The maximum absolute atomic E-state index is 13.1. The van der Waals surface area contributed by atoms with E-state index in [1.807, 2.05) is 13.8 Å². The summed E-state index contributed by atoms with van der Waals surface area (Å²) in [4.78, 5) is 13.9. The van der Waals surface area contributed by atoms with Crippen molar-refractivity contribution >= 4 is 21.8 Å². The van der Waals surface area contributed by atoms with E-state index in [0.717, 1.165) is 17.3 Å². The Morgan fingerprint density at radius 3 is 2.76 bits per heavy atom. The summed E-state index contributed by atoms with van der Waals surface area (Å²) in [6, 6.07) is 4.33. The molecule has 4 heteroatoms. The van der Waals surface area contributed by atoms with E-state index in [9.17, 15) is 9.18 Å². The number of aryl methyl sites for hydroxylation is 1. The third kappa shape index (κ3) is 3.80. The van der Waals surface area contributed by atoms with E-state index < -0.39 is 0 Å². The van der Waals surface area contributed by atoms with Crippen LogP contribution in [0.15, 0.2) is 18.2 Å². The second-order valence-corrected chi connectivity index (χ2v) is 4.68. The minimum Gasteiger partial charge on any atom is -0.339 e. The number of carbonyl (C=O) groups excluding carboxylic acids is 1. The first kappa shape index (κ1) is 14.2. The summed E-state index contributed by atoms with van der Waals surface area (Å²) in [6.45, 7) is 5.09. The van der Waals surface area contributed by atoms with E-state index in [2.05, 4.69) is 15.9 Å². The Kier molecular flexibility index (Phi) is 5.62. The van der Waals surface area contributed by atoms with Gasteiger partial charge in [-0.1, -0.05) is 22.0 Å². The zero-order chi connectivity index (χ0) is 12.8. The quantitative estimate of drug-likeness (QED) is 0.764. The molecule has 0 fully saturated rings. The first-order valence-corrected chi connectivity index (χ1v) is 6.83. The Balaban J connectivity index is 2.89. The van der Waals surface area contributed by atoms with Crippen LogP contribution in [0.5, 0.6) is 0 Å². The lowest BCUT2D eigenvalue weighted by Crippen LogP contribution is -2.32. The van der Waals surface area contributed by atoms with Crippen LogP contribution in [0.3, 0.4) is 0 Å². The van der Waals surface area contributed by atoms with E-state index in [1.165, 1.54) is 12.1 Å². The summed E-state index contributed by atoms with van der Waals surface area (Å²) in [7, 11) is 0. The van der Waals surface area contributed by atoms with Crippen LogP contribution >= 0.6 is 15.9 Å². The third-order valence-corrected chi connectivity index (χ3v) is 3.22. The van der Waals surface area contributed by atoms with Gasteiger partial charge in [0.1, 0.15) is 5.82 Å². The number of alkyl halides is 1. The summed E-state index contributed by atoms with van der Waals surface area (Å²) in [5.41, 5.74) is 1.27. The highest BCUT2D eigenvalue weighted by Crippen LogP contribution is 2.13. The zero-order valence-corrected chi connectivity index (χ0v) is 11.8. The molecule has 0 atom stereocenters. The fourth-order valence-electron chi connectivity index (χ4n) is 1.65. The standard InChI is InChI=1S/C13H17BrFNO/c1-3-16(8-4-7-14)13(17)12-9-11(15)6-5-10(12)2/h5-6,9H,3-4,7-8H2,1-2H3. The predicted molar refractivity (Wildman–Crippen MR) is 71.1 cm³/mol. The van der Waals surface area contributed by atoms with Crippen molar-refractivity contribution in [1.29, 1.82) is 0 Å². The number of halogens is 2. The molecule has 0 unspecified atom stereocenters. The Morgan fingerprint density at radius 2 is 2.18 bits per heavy atom. The van der Waals surface area contributed by atoms with Gasteiger partial charge in [-0.15, -0.1) is 0 Å². The van der Waals surface area contributed by atoms with Crippen LogP contribution in [0, 0.1) is 12.7 Å². The molecule has 0 saturated carbocycles. The molecule has 1 rings (SSSR count). The summed E-state index contributed by atoms with van der Waals surface area (Å²) in [6.07, 6.45) is 0.897. The first-order valence-electron chi connectivity index (χ1n) is 5.71. The van der Waals surface area contributed by atoms with Crippen LogP contribution in [0.2, 0.25) is 0 Å². The molecule has 0 N–H and O–H groups in total. The van der Waals surface area contributed by atoms with Gasteiger partial charge in [0, 0.05) is 24.0 Å². The third-order valence-electron chi connectivity index (χ3n) is 2.66. The van der Waals surface area contributed by atoms with Gasteiger partial charge in [-0.25, -0.2) is 4.39 Å². The number of nitrogens with zero attached hydrogens (tertiary/aromatic N) is 1. The molecule has 0 heterocycles. The Hall–Kier alpha value is -0.900. The van der Waals surface area contributed by atoms with Crippen LogP contribution < -0.4 is 0 Å². The van der Waals surface area contributed by atoms with E-state index in [-0.39, 0.29) is 11.7 Å². The lowest BCUT2D eigenvalue weighted by atomic mass is 10.1. The minimum absolute atomic E-state index is 0.0922. The van der Waals surface area contributed by atoms with Crippen LogP contribution in [0.4, 0.5) is 4.39 Å². The number of hydrogen-bond acceptors (Lipinski definition) is 1. The molecule has 0 radical (unpaired) electrons. The van der Waals surface area contributed by atoms with Crippen LogP contribution in [-0.2, 0) is 0 Å². The average Bonchev–Trinajstić information content (AvgIpc) is 2.33. The van der Waals surface area contributed by atoms with E-state index in [1.54, 1.807) is 11.0 Å². The van der Waals surface area contributed by atoms with E-state index in [0.29, 0.717) is 18.7 Å². The van der Waals surface area contributed by atoms with Crippen molar-refractivity contribution in [3.05, 3.63) is 35.1 Å². The molecule has 0 aliphatic carbocycles. The highest BCUT2D eigenvalue weighted by molar-refractivity contribution is 9.09. The van der Waals surface area contributed by atoms with Crippen molar-refractivity contribution in [2.24, 2.45) is 0 Å². The molecular weight excluding hydrogens is 285 g/mol. The minimum atomic E-state index is -0.365. The molecule has 0 saturated heterocycles. The van der Waals surface area contributed by atoms with Crippen molar-refractivity contribution in [2.75, 3.05) is 18.4 Å². The smallest absolute Gasteiger partial charge is 0.254 e. The fraction of sp³-hybridized carbons (Fsp3) is 0.462. The number of rotatable bonds is 5. The van der Waals surface area contributed by atoms with Gasteiger partial charge in [0.05, 0.1) is 0 Å². The maximum atomic E-state index is 13.1. The normalized spacial score (nSPS) is 10.4. The fourth-order valence-corrected chi connectivity index (χ4v) is 1.90. The molecule has 1 amide bonds. The van der Waals surface area contributed by atoms with E-state index in [4.69, 9.17) is 0 Å². The average molecular weight is 302 g/mol. The van der Waals surface area contributed by atoms with Gasteiger partial charge >= 0.3 is 0 Å². The molecule has 2 nitrogen and oxygen atoms in total. The van der Waals surface area contributed by atoms with Crippen molar-refractivity contribution in [3.63, 3.8) is 0 Å². The summed E-state index contributed by atoms with van der Waals surface area (Å²) >= 11 is 3.34. The van der Waals surface area contributed by atoms with Gasteiger partial charge in [-0.05, 0) is 38.0 Å². The van der Waals surface area contributed by atoms with Crippen molar-refractivity contribution < 1.29 is 9.18 Å². The first-order chi connectivity index (χ1) is 8.10. The highest BCUT2D eigenvalue weighted by Gasteiger charge is 2.16. The lowest BCUT2D eigenvalue weighted by Gasteiger charge is -2.21. The van der Waals surface area contributed by atoms with Gasteiger partial charge in [-0.3, -0.25) is 4.79 Å². The highest BCUT2D eigenvalue weighted by atomic mass is 79.9. The molecule has 1 aromatic carbocycles. The molecule has 94 valence electrons. The molecule has 0 aromatic heterocycles. The second kappa shape index (κ2) is 6.74. The van der Waals surface area contributed by atoms with Gasteiger partial charge in [-0.2, -0.15) is 0 Å². The molecule has 0 aliphatic heterocycles. The van der Waals surface area contributed by atoms with Crippen LogP contribution in [0.1, 0.15) is 29.3 Å². The largest absolute Gasteiger partial charge is 0.339 e. The molecule has 0 spiro atoms. The number of benzene rings is 1. The monoisotopic (exact) mass is 301 g/mol. The summed E-state index contributed by atoms with van der Waals surface area (Å²) in [5, 5.41) is 0.860. The molecule has 0 aliphatic rings. The van der Waals surface area contributed by atoms with Crippen LogP contribution in [-0.4, -0.2) is 29.2 Å². The maximum Gasteiger partial charge on any atom is 0.254 e. The van der Waals surface area contributed by atoms with Gasteiger partial charge in [0.15, 0.2) is 0 Å². The number of hydrogen-bond donors (Lipinski definition) is 0. The number of amides is 1. The van der Waals surface area contributed by atoms with Crippen molar-refractivity contribution in [1.82, 2.24) is 4.90 Å². The predicted octanol–water partition coefficient (Wildman–Crippen LogP) is 3.38. The molecule has 0 bridgehead atoms. The van der Waals surface area contributed by atoms with Crippen molar-refractivity contribution in [3.8, 4) is 0 Å². The van der Waals surface area contributed by atoms with Gasteiger partial charge in [0.2, 0.25) is 0 Å². The topological polar surface area (TPSA) is 20.3 Å². The molecule has 17 heavy (non-hydrogen) atoms. The Bertz CT molecular complexity index is 395. The SMILES string of the molecule is CCN(CCCBr)C(=O)c1cc(F)ccc1C.